The fourth-order valence-corrected chi connectivity index (χ4v) is 1.18. The van der Waals surface area contributed by atoms with Crippen molar-refractivity contribution >= 4 is 0 Å². The molecule has 1 saturated heterocycles. The smallest absolute Gasteiger partial charge is 0.0593 e. The summed E-state index contributed by atoms with van der Waals surface area (Å²) in [6.07, 6.45) is 0. The lowest BCUT2D eigenvalue weighted by atomic mass is 10.2. The topological polar surface area (TPSA) is 12.5 Å². The summed E-state index contributed by atoms with van der Waals surface area (Å²) in [5.74, 6) is 0.706. The van der Waals surface area contributed by atoms with Crippen LogP contribution in [0.3, 0.4) is 0 Å². The van der Waals surface area contributed by atoms with Crippen molar-refractivity contribution in [1.29, 1.82) is 0 Å². The Morgan fingerprint density at radius 3 is 2.64 bits per heavy atom. The zero-order valence-electron chi connectivity index (χ0n) is 8.26. The van der Waals surface area contributed by atoms with Gasteiger partial charge in [-0.3, -0.25) is 0 Å². The lowest BCUT2D eigenvalue weighted by Crippen LogP contribution is -2.24. The number of hydrogen-bond donors (Lipinski definition) is 0. The molecule has 1 atom stereocenters. The van der Waals surface area contributed by atoms with Crippen LogP contribution in [0.4, 0.5) is 0 Å². The van der Waals surface area contributed by atoms with Crippen LogP contribution in [0.15, 0.2) is 0 Å². The molecule has 0 N–H and O–H groups in total. The second kappa shape index (κ2) is 6.62. The largest absolute Gasteiger partial charge is 0.380 e. The second-order valence-corrected chi connectivity index (χ2v) is 2.94. The molecule has 0 radical (unpaired) electrons. The molecule has 1 aliphatic heterocycles. The fourth-order valence-electron chi connectivity index (χ4n) is 1.18. The molecule has 1 aliphatic rings. The van der Waals surface area contributed by atoms with Crippen molar-refractivity contribution in [3.63, 3.8) is 0 Å². The van der Waals surface area contributed by atoms with Crippen LogP contribution in [0.5, 0.6) is 0 Å². The highest BCUT2D eigenvalue weighted by Crippen LogP contribution is 2.02. The summed E-state index contributed by atoms with van der Waals surface area (Å²) in [7, 11) is 2.14. The molecule has 1 fully saturated rings. The second-order valence-electron chi connectivity index (χ2n) is 2.94. The van der Waals surface area contributed by atoms with E-state index in [1.165, 1.54) is 6.54 Å². The van der Waals surface area contributed by atoms with Crippen LogP contribution in [0, 0.1) is 5.92 Å². The molecular formula is C9H21NO. The Morgan fingerprint density at radius 2 is 2.00 bits per heavy atom. The van der Waals surface area contributed by atoms with Gasteiger partial charge in [-0.25, -0.2) is 0 Å². The number of likely N-dealkylation sites (N-methyl/N-ethyl adjacent to an activating group) is 1. The van der Waals surface area contributed by atoms with Crippen LogP contribution in [0.1, 0.15) is 20.8 Å². The van der Waals surface area contributed by atoms with Gasteiger partial charge < -0.3 is 9.64 Å². The van der Waals surface area contributed by atoms with E-state index < -0.39 is 0 Å². The maximum atomic E-state index is 5.34. The number of hydrogen-bond acceptors (Lipinski definition) is 2. The summed E-state index contributed by atoms with van der Waals surface area (Å²) in [5.41, 5.74) is 0. The Balaban J connectivity index is 0.000000461. The van der Waals surface area contributed by atoms with E-state index in [0.29, 0.717) is 5.92 Å². The predicted octanol–water partition coefficient (Wildman–Crippen LogP) is 1.61. The van der Waals surface area contributed by atoms with Crippen LogP contribution in [0.25, 0.3) is 0 Å². The molecule has 2 nitrogen and oxygen atoms in total. The van der Waals surface area contributed by atoms with Gasteiger partial charge in [0.2, 0.25) is 0 Å². The summed E-state index contributed by atoms with van der Waals surface area (Å²) < 4.78 is 5.34. The van der Waals surface area contributed by atoms with Crippen LogP contribution in [-0.4, -0.2) is 38.3 Å². The van der Waals surface area contributed by atoms with E-state index in [1.807, 2.05) is 13.8 Å². The third-order valence-electron chi connectivity index (χ3n) is 1.64. The van der Waals surface area contributed by atoms with Crippen molar-refractivity contribution in [2.45, 2.75) is 20.8 Å². The van der Waals surface area contributed by atoms with Gasteiger partial charge in [-0.05, 0) is 13.0 Å². The molecule has 11 heavy (non-hydrogen) atoms. The van der Waals surface area contributed by atoms with E-state index in [4.69, 9.17) is 4.74 Å². The van der Waals surface area contributed by atoms with Crippen LogP contribution < -0.4 is 0 Å². The van der Waals surface area contributed by atoms with E-state index >= 15 is 0 Å². The zero-order valence-corrected chi connectivity index (χ0v) is 8.26. The van der Waals surface area contributed by atoms with Crippen molar-refractivity contribution in [3.8, 4) is 0 Å². The van der Waals surface area contributed by atoms with E-state index in [1.54, 1.807) is 0 Å². The highest BCUT2D eigenvalue weighted by molar-refractivity contribution is 4.61. The first kappa shape index (κ1) is 10.9. The van der Waals surface area contributed by atoms with Gasteiger partial charge >= 0.3 is 0 Å². The first-order valence-corrected chi connectivity index (χ1v) is 4.55. The quantitative estimate of drug-likeness (QED) is 0.532. The SMILES string of the molecule is CC.C[C@@H]1COCCN(C)C1. The van der Waals surface area contributed by atoms with Crippen molar-refractivity contribution in [2.75, 3.05) is 33.4 Å². The Kier molecular flexibility index (Phi) is 6.57. The third kappa shape index (κ3) is 5.22. The molecule has 0 spiro atoms. The Labute approximate surface area is 70.5 Å². The highest BCUT2D eigenvalue weighted by Gasteiger charge is 2.10. The van der Waals surface area contributed by atoms with Gasteiger partial charge in [-0.1, -0.05) is 20.8 Å². The minimum absolute atomic E-state index is 0.706. The summed E-state index contributed by atoms with van der Waals surface area (Å²) in [6.45, 7) is 10.3. The average molecular weight is 159 g/mol. The molecule has 0 saturated carbocycles. The fraction of sp³-hybridized carbons (Fsp3) is 1.00. The Bertz CT molecular complexity index is 75.6. The molecule has 0 aromatic heterocycles. The maximum Gasteiger partial charge on any atom is 0.0593 e. The molecule has 0 bridgehead atoms. The first-order chi connectivity index (χ1) is 5.29. The van der Waals surface area contributed by atoms with E-state index in [9.17, 15) is 0 Å². The molecule has 2 heteroatoms. The lowest BCUT2D eigenvalue weighted by Gasteiger charge is -2.13. The third-order valence-corrected chi connectivity index (χ3v) is 1.64. The number of rotatable bonds is 0. The van der Waals surface area contributed by atoms with Gasteiger partial charge in [0.25, 0.3) is 0 Å². The predicted molar refractivity (Wildman–Crippen MR) is 48.8 cm³/mol. The molecule has 0 aromatic carbocycles. The highest BCUT2D eigenvalue weighted by atomic mass is 16.5. The van der Waals surface area contributed by atoms with Gasteiger partial charge in [0, 0.05) is 13.1 Å². The van der Waals surface area contributed by atoms with Crippen LogP contribution in [0.2, 0.25) is 0 Å². The molecule has 0 aromatic rings. The van der Waals surface area contributed by atoms with Gasteiger partial charge in [-0.15, -0.1) is 0 Å². The molecular weight excluding hydrogens is 138 g/mol. The first-order valence-electron chi connectivity index (χ1n) is 4.55. The van der Waals surface area contributed by atoms with Gasteiger partial charge in [0.1, 0.15) is 0 Å². The Hall–Kier alpha value is -0.0800. The average Bonchev–Trinajstić information content (AvgIpc) is 2.18. The minimum Gasteiger partial charge on any atom is -0.380 e. The van der Waals surface area contributed by atoms with Gasteiger partial charge in [-0.2, -0.15) is 0 Å². The van der Waals surface area contributed by atoms with E-state index in [-0.39, 0.29) is 0 Å². The molecule has 1 heterocycles. The summed E-state index contributed by atoms with van der Waals surface area (Å²) in [4.78, 5) is 2.32. The molecule has 0 unspecified atom stereocenters. The maximum absolute atomic E-state index is 5.34. The number of nitrogens with zero attached hydrogens (tertiary/aromatic N) is 1. The standard InChI is InChI=1S/C7H15NO.C2H6/c1-7-5-8(2)3-4-9-6-7;1-2/h7H,3-6H2,1-2H3;1-2H3/t7-;/m0./s1. The molecule has 1 rings (SSSR count). The zero-order chi connectivity index (χ0) is 8.69. The van der Waals surface area contributed by atoms with Crippen LogP contribution >= 0.6 is 0 Å². The molecule has 68 valence electrons. The van der Waals surface area contributed by atoms with Crippen molar-refractivity contribution in [2.24, 2.45) is 5.92 Å². The minimum atomic E-state index is 0.706. The summed E-state index contributed by atoms with van der Waals surface area (Å²) in [6, 6.07) is 0. The van der Waals surface area contributed by atoms with Gasteiger partial charge in [0.05, 0.1) is 13.2 Å². The lowest BCUT2D eigenvalue weighted by molar-refractivity contribution is 0.127. The van der Waals surface area contributed by atoms with Crippen molar-refractivity contribution in [3.05, 3.63) is 0 Å². The van der Waals surface area contributed by atoms with E-state index in [0.717, 1.165) is 19.8 Å². The Morgan fingerprint density at radius 1 is 1.36 bits per heavy atom. The van der Waals surface area contributed by atoms with E-state index in [2.05, 4.69) is 18.9 Å². The molecule has 0 amide bonds. The normalized spacial score (nSPS) is 26.7. The monoisotopic (exact) mass is 159 g/mol. The van der Waals surface area contributed by atoms with Crippen LogP contribution in [-0.2, 0) is 4.74 Å². The van der Waals surface area contributed by atoms with Crippen molar-refractivity contribution < 1.29 is 4.74 Å². The van der Waals surface area contributed by atoms with Gasteiger partial charge in [0.15, 0.2) is 0 Å². The number of ether oxygens (including phenoxy) is 1. The summed E-state index contributed by atoms with van der Waals surface area (Å²) >= 11 is 0. The summed E-state index contributed by atoms with van der Waals surface area (Å²) in [5, 5.41) is 0. The molecule has 0 aliphatic carbocycles. The van der Waals surface area contributed by atoms with Crippen molar-refractivity contribution in [1.82, 2.24) is 4.90 Å².